The Hall–Kier alpha value is -7.62. The number of rotatable bonds is 5. The molecule has 0 unspecified atom stereocenters. The van der Waals surface area contributed by atoms with Crippen LogP contribution >= 0.6 is 0 Å². The Morgan fingerprint density at radius 3 is 1.47 bits per heavy atom. The second-order valence-corrected chi connectivity index (χ2v) is 15.2. The van der Waals surface area contributed by atoms with Crippen LogP contribution in [-0.4, -0.2) is 0 Å². The number of anilines is 3. The van der Waals surface area contributed by atoms with Crippen LogP contribution in [0.15, 0.2) is 212 Å². The fourth-order valence-corrected chi connectivity index (χ4v) is 9.68. The number of hydrogen-bond donors (Lipinski definition) is 0. The van der Waals surface area contributed by atoms with Crippen molar-refractivity contribution < 1.29 is 9.47 Å². The Balaban J connectivity index is 0.885. The molecule has 0 radical (unpaired) electrons. The van der Waals surface area contributed by atoms with Crippen LogP contribution in [0.5, 0.6) is 23.0 Å². The van der Waals surface area contributed by atoms with Crippen molar-refractivity contribution >= 4 is 17.1 Å². The number of para-hydroxylation sites is 2. The molecular weight excluding hydrogens is 707 g/mol. The first-order chi connectivity index (χ1) is 28.8. The van der Waals surface area contributed by atoms with E-state index in [0.29, 0.717) is 11.5 Å². The number of fused-ring (bicyclic) bond motifs is 13. The van der Waals surface area contributed by atoms with Gasteiger partial charge in [-0.15, -0.1) is 0 Å². The first-order valence-electron chi connectivity index (χ1n) is 19.8. The normalized spacial score (nSPS) is 13.2. The van der Waals surface area contributed by atoms with Crippen molar-refractivity contribution in [2.24, 2.45) is 0 Å². The second-order valence-electron chi connectivity index (χ2n) is 15.2. The molecule has 3 nitrogen and oxygen atoms in total. The minimum Gasteiger partial charge on any atom is -0.449 e. The maximum absolute atomic E-state index is 6.91. The highest BCUT2D eigenvalue weighted by Gasteiger charge is 2.53. The van der Waals surface area contributed by atoms with Gasteiger partial charge in [-0.2, -0.15) is 0 Å². The fourth-order valence-electron chi connectivity index (χ4n) is 9.68. The summed E-state index contributed by atoms with van der Waals surface area (Å²) < 4.78 is 13.7. The van der Waals surface area contributed by atoms with Gasteiger partial charge in [-0.05, 0) is 122 Å². The van der Waals surface area contributed by atoms with Crippen molar-refractivity contribution in [3.63, 3.8) is 0 Å². The lowest BCUT2D eigenvalue weighted by molar-refractivity contribution is 0.360. The monoisotopic (exact) mass is 741 g/mol. The standard InChI is InChI=1S/C55H35NO2/c1-3-16-40(17-4-1)56(41-18-5-2-6-19-41)42-29-26-36(27-30-42)37-14-13-15-38(34-37)39-28-32-50-52(35-39)57-51-33-31-49-53(54(51)58-50)45-22-9-12-25-48(45)55(49)46-23-10-7-20-43(46)44-21-8-11-24-47(44)55/h1-35H. The van der Waals surface area contributed by atoms with Crippen LogP contribution in [0.4, 0.5) is 17.1 Å². The van der Waals surface area contributed by atoms with Crippen LogP contribution in [0.25, 0.3) is 44.5 Å². The molecule has 272 valence electrons. The summed E-state index contributed by atoms with van der Waals surface area (Å²) in [6.07, 6.45) is 0. The summed E-state index contributed by atoms with van der Waals surface area (Å²) in [6, 6.07) is 75.7. The van der Waals surface area contributed by atoms with E-state index in [0.717, 1.165) is 56.4 Å². The van der Waals surface area contributed by atoms with Gasteiger partial charge in [0.1, 0.15) is 0 Å². The van der Waals surface area contributed by atoms with Crippen LogP contribution in [0, 0.1) is 0 Å². The van der Waals surface area contributed by atoms with Gasteiger partial charge in [0.25, 0.3) is 0 Å². The summed E-state index contributed by atoms with van der Waals surface area (Å²) in [6.45, 7) is 0. The summed E-state index contributed by atoms with van der Waals surface area (Å²) in [5.74, 6) is 2.92. The van der Waals surface area contributed by atoms with Gasteiger partial charge in [0.05, 0.1) is 5.41 Å². The first kappa shape index (κ1) is 32.6. The molecule has 1 heterocycles. The molecule has 0 saturated carbocycles. The molecule has 0 saturated heterocycles. The predicted molar refractivity (Wildman–Crippen MR) is 235 cm³/mol. The van der Waals surface area contributed by atoms with E-state index < -0.39 is 5.41 Å². The quantitative estimate of drug-likeness (QED) is 0.175. The molecule has 58 heavy (non-hydrogen) atoms. The Labute approximate surface area is 337 Å². The lowest BCUT2D eigenvalue weighted by Gasteiger charge is -2.31. The zero-order valence-electron chi connectivity index (χ0n) is 31.5. The van der Waals surface area contributed by atoms with Gasteiger partial charge < -0.3 is 14.4 Å². The summed E-state index contributed by atoms with van der Waals surface area (Å²) in [5.41, 5.74) is 17.4. The van der Waals surface area contributed by atoms with E-state index in [1.165, 1.54) is 38.9 Å². The molecule has 12 rings (SSSR count). The van der Waals surface area contributed by atoms with Crippen molar-refractivity contribution in [1.82, 2.24) is 0 Å². The molecule has 0 amide bonds. The van der Waals surface area contributed by atoms with Crippen molar-refractivity contribution in [2.45, 2.75) is 5.41 Å². The van der Waals surface area contributed by atoms with E-state index >= 15 is 0 Å². The number of ether oxygens (including phenoxy) is 2. The molecule has 9 aromatic carbocycles. The molecule has 1 aliphatic heterocycles. The highest BCUT2D eigenvalue weighted by molar-refractivity contribution is 5.98. The summed E-state index contributed by atoms with van der Waals surface area (Å²) in [7, 11) is 0. The number of hydrogen-bond acceptors (Lipinski definition) is 3. The van der Waals surface area contributed by atoms with Crippen LogP contribution in [0.2, 0.25) is 0 Å². The van der Waals surface area contributed by atoms with Crippen molar-refractivity contribution in [3.05, 3.63) is 235 Å². The Bertz CT molecular complexity index is 2980. The maximum atomic E-state index is 6.91. The molecule has 0 N–H and O–H groups in total. The summed E-state index contributed by atoms with van der Waals surface area (Å²) in [5, 5.41) is 0. The highest BCUT2D eigenvalue weighted by Crippen LogP contribution is 2.66. The molecule has 0 fully saturated rings. The average molecular weight is 742 g/mol. The third-order valence-corrected chi connectivity index (χ3v) is 12.1. The van der Waals surface area contributed by atoms with E-state index in [4.69, 9.17) is 9.47 Å². The highest BCUT2D eigenvalue weighted by atomic mass is 16.6. The molecule has 1 spiro atoms. The summed E-state index contributed by atoms with van der Waals surface area (Å²) in [4.78, 5) is 2.28. The van der Waals surface area contributed by atoms with Gasteiger partial charge in [0.2, 0.25) is 0 Å². The van der Waals surface area contributed by atoms with E-state index in [-0.39, 0.29) is 0 Å². The number of benzene rings is 9. The van der Waals surface area contributed by atoms with E-state index in [1.54, 1.807) is 0 Å². The second kappa shape index (κ2) is 12.7. The van der Waals surface area contributed by atoms with Crippen LogP contribution in [0.3, 0.4) is 0 Å². The minimum absolute atomic E-state index is 0.434. The Kier molecular flexibility index (Phi) is 7.14. The first-order valence-corrected chi connectivity index (χ1v) is 19.8. The summed E-state index contributed by atoms with van der Waals surface area (Å²) >= 11 is 0. The van der Waals surface area contributed by atoms with Gasteiger partial charge in [-0.25, -0.2) is 0 Å². The Morgan fingerprint density at radius 2 is 0.810 bits per heavy atom. The molecule has 0 aromatic heterocycles. The van der Waals surface area contributed by atoms with Gasteiger partial charge in [0.15, 0.2) is 23.0 Å². The largest absolute Gasteiger partial charge is 0.449 e. The van der Waals surface area contributed by atoms with E-state index in [1.807, 2.05) is 6.07 Å². The van der Waals surface area contributed by atoms with Crippen molar-refractivity contribution in [1.29, 1.82) is 0 Å². The SMILES string of the molecule is c1ccc(N(c2ccccc2)c2ccc(-c3cccc(-c4ccc5c(c4)Oc4ccc6c(c4O5)-c4ccccc4C64c5ccccc5-c5ccccc54)c3)cc2)cc1. The topological polar surface area (TPSA) is 21.7 Å². The lowest BCUT2D eigenvalue weighted by Crippen LogP contribution is -2.25. The van der Waals surface area contributed by atoms with Crippen molar-refractivity contribution in [3.8, 4) is 67.5 Å². The van der Waals surface area contributed by atoms with Gasteiger partial charge >= 0.3 is 0 Å². The lowest BCUT2D eigenvalue weighted by atomic mass is 9.70. The fraction of sp³-hybridized carbons (Fsp3) is 0.0182. The molecule has 3 heteroatoms. The molecule has 2 aliphatic carbocycles. The van der Waals surface area contributed by atoms with Crippen LogP contribution in [-0.2, 0) is 5.41 Å². The third kappa shape index (κ3) is 4.74. The molecule has 3 aliphatic rings. The number of nitrogens with zero attached hydrogens (tertiary/aromatic N) is 1. The minimum atomic E-state index is -0.434. The molecular formula is C55H35NO2. The zero-order valence-corrected chi connectivity index (χ0v) is 31.5. The molecule has 9 aromatic rings. The van der Waals surface area contributed by atoms with Gasteiger partial charge in [0, 0.05) is 22.6 Å². The molecule has 0 bridgehead atoms. The molecule has 0 atom stereocenters. The average Bonchev–Trinajstić information content (AvgIpc) is 3.77. The maximum Gasteiger partial charge on any atom is 0.178 e. The van der Waals surface area contributed by atoms with Gasteiger partial charge in [-0.3, -0.25) is 0 Å². The van der Waals surface area contributed by atoms with Crippen LogP contribution in [0.1, 0.15) is 22.3 Å². The van der Waals surface area contributed by atoms with Gasteiger partial charge in [-0.1, -0.05) is 152 Å². The Morgan fingerprint density at radius 1 is 0.310 bits per heavy atom. The third-order valence-electron chi connectivity index (χ3n) is 12.1. The van der Waals surface area contributed by atoms with Crippen molar-refractivity contribution in [2.75, 3.05) is 4.90 Å². The van der Waals surface area contributed by atoms with E-state index in [9.17, 15) is 0 Å². The zero-order chi connectivity index (χ0) is 38.2. The smallest absolute Gasteiger partial charge is 0.178 e. The van der Waals surface area contributed by atoms with E-state index in [2.05, 4.69) is 211 Å². The van der Waals surface area contributed by atoms with Crippen LogP contribution < -0.4 is 14.4 Å². The predicted octanol–water partition coefficient (Wildman–Crippen LogP) is 14.7.